The van der Waals surface area contributed by atoms with Crippen molar-refractivity contribution >= 4 is 11.6 Å². The van der Waals surface area contributed by atoms with Gasteiger partial charge in [-0.15, -0.1) is 0 Å². The van der Waals surface area contributed by atoms with Crippen LogP contribution in [-0.2, 0) is 4.74 Å². The van der Waals surface area contributed by atoms with Gasteiger partial charge in [0.1, 0.15) is 0 Å². The number of carbonyl (C=O) groups is 1. The van der Waals surface area contributed by atoms with Crippen LogP contribution in [0.4, 0.5) is 5.69 Å². The van der Waals surface area contributed by atoms with Crippen LogP contribution in [0.25, 0.3) is 0 Å². The summed E-state index contributed by atoms with van der Waals surface area (Å²) in [6.07, 6.45) is 0.992. The number of aryl methyl sites for hydroxylation is 1. The van der Waals surface area contributed by atoms with Crippen LogP contribution in [-0.4, -0.2) is 36.6 Å². The van der Waals surface area contributed by atoms with E-state index < -0.39 is 0 Å². The molecular formula is C14H20N2O2. The van der Waals surface area contributed by atoms with Gasteiger partial charge in [0.05, 0.1) is 12.1 Å². The SMILES string of the molecule is Cc1cc(N)cc(C(=O)N(C)C2CCOC2C)c1. The molecule has 1 aliphatic rings. The predicted octanol–water partition coefficient (Wildman–Crippen LogP) is 1.83. The molecule has 2 atom stereocenters. The molecule has 0 aromatic heterocycles. The van der Waals surface area contributed by atoms with E-state index in [0.29, 0.717) is 11.3 Å². The molecule has 1 aromatic carbocycles. The van der Waals surface area contributed by atoms with Crippen molar-refractivity contribution in [1.29, 1.82) is 0 Å². The first kappa shape index (κ1) is 12.9. The summed E-state index contributed by atoms with van der Waals surface area (Å²) in [5.41, 5.74) is 8.06. The van der Waals surface area contributed by atoms with Crippen LogP contribution in [0.3, 0.4) is 0 Å². The lowest BCUT2D eigenvalue weighted by molar-refractivity contribution is 0.0574. The third-order valence-electron chi connectivity index (χ3n) is 3.50. The maximum Gasteiger partial charge on any atom is 0.254 e. The molecule has 0 bridgehead atoms. The standard InChI is InChI=1S/C14H20N2O2/c1-9-6-11(8-12(15)7-9)14(17)16(3)13-4-5-18-10(13)2/h6-8,10,13H,4-5,15H2,1-3H3. The molecule has 1 fully saturated rings. The fraction of sp³-hybridized carbons (Fsp3) is 0.500. The molecule has 2 unspecified atom stereocenters. The van der Waals surface area contributed by atoms with Crippen molar-refractivity contribution < 1.29 is 9.53 Å². The smallest absolute Gasteiger partial charge is 0.254 e. The first-order chi connectivity index (χ1) is 8.49. The van der Waals surface area contributed by atoms with Crippen molar-refractivity contribution in [3.63, 3.8) is 0 Å². The molecule has 18 heavy (non-hydrogen) atoms. The Labute approximate surface area is 108 Å². The van der Waals surface area contributed by atoms with Gasteiger partial charge in [0, 0.05) is 24.9 Å². The Morgan fingerprint density at radius 3 is 2.72 bits per heavy atom. The predicted molar refractivity (Wildman–Crippen MR) is 71.5 cm³/mol. The van der Waals surface area contributed by atoms with Gasteiger partial charge in [0.2, 0.25) is 0 Å². The number of nitrogens with two attached hydrogens (primary N) is 1. The molecule has 2 rings (SSSR count). The Kier molecular flexibility index (Phi) is 3.57. The summed E-state index contributed by atoms with van der Waals surface area (Å²) < 4.78 is 5.50. The second-order valence-corrected chi connectivity index (χ2v) is 4.98. The number of anilines is 1. The molecule has 0 aliphatic carbocycles. The molecule has 2 N–H and O–H groups in total. The monoisotopic (exact) mass is 248 g/mol. The topological polar surface area (TPSA) is 55.6 Å². The maximum absolute atomic E-state index is 12.4. The molecule has 0 saturated carbocycles. The molecule has 1 aromatic rings. The molecule has 0 spiro atoms. The Bertz CT molecular complexity index is 439. The number of benzene rings is 1. The first-order valence-corrected chi connectivity index (χ1v) is 6.25. The van der Waals surface area contributed by atoms with E-state index in [9.17, 15) is 4.79 Å². The quantitative estimate of drug-likeness (QED) is 0.812. The summed E-state index contributed by atoms with van der Waals surface area (Å²) in [4.78, 5) is 14.2. The number of nitrogen functional groups attached to an aromatic ring is 1. The van der Waals surface area contributed by atoms with E-state index in [1.54, 1.807) is 11.0 Å². The van der Waals surface area contributed by atoms with Crippen molar-refractivity contribution in [2.24, 2.45) is 0 Å². The van der Waals surface area contributed by atoms with Crippen LogP contribution < -0.4 is 5.73 Å². The van der Waals surface area contributed by atoms with Crippen LogP contribution in [0, 0.1) is 6.92 Å². The van der Waals surface area contributed by atoms with Gasteiger partial charge in [0.25, 0.3) is 5.91 Å². The van der Waals surface area contributed by atoms with Gasteiger partial charge >= 0.3 is 0 Å². The Morgan fingerprint density at radius 2 is 2.17 bits per heavy atom. The molecule has 4 nitrogen and oxygen atoms in total. The van der Waals surface area contributed by atoms with Crippen LogP contribution in [0.2, 0.25) is 0 Å². The van der Waals surface area contributed by atoms with Gasteiger partial charge in [0.15, 0.2) is 0 Å². The average Bonchev–Trinajstić information content (AvgIpc) is 2.72. The summed E-state index contributed by atoms with van der Waals surface area (Å²) in [5.74, 6) is 0.00718. The second kappa shape index (κ2) is 4.98. The van der Waals surface area contributed by atoms with E-state index in [4.69, 9.17) is 10.5 Å². The minimum absolute atomic E-state index is 0.00718. The number of carbonyl (C=O) groups excluding carboxylic acids is 1. The highest BCUT2D eigenvalue weighted by molar-refractivity contribution is 5.95. The number of hydrogen-bond donors (Lipinski definition) is 1. The highest BCUT2D eigenvalue weighted by atomic mass is 16.5. The number of amides is 1. The van der Waals surface area contributed by atoms with Crippen molar-refractivity contribution in [1.82, 2.24) is 4.90 Å². The van der Waals surface area contributed by atoms with Gasteiger partial charge in [-0.05, 0) is 44.0 Å². The zero-order valence-corrected chi connectivity index (χ0v) is 11.1. The van der Waals surface area contributed by atoms with Crippen molar-refractivity contribution in [2.45, 2.75) is 32.4 Å². The highest BCUT2D eigenvalue weighted by Crippen LogP contribution is 2.21. The van der Waals surface area contributed by atoms with E-state index >= 15 is 0 Å². The van der Waals surface area contributed by atoms with Crippen molar-refractivity contribution in [3.05, 3.63) is 29.3 Å². The minimum atomic E-state index is 0.00718. The molecular weight excluding hydrogens is 228 g/mol. The fourth-order valence-corrected chi connectivity index (χ4v) is 2.52. The number of likely N-dealkylation sites (N-methyl/N-ethyl adjacent to an activating group) is 1. The number of nitrogens with zero attached hydrogens (tertiary/aromatic N) is 1. The van der Waals surface area contributed by atoms with Gasteiger partial charge in [-0.2, -0.15) is 0 Å². The van der Waals surface area contributed by atoms with Crippen LogP contribution in [0.15, 0.2) is 18.2 Å². The van der Waals surface area contributed by atoms with E-state index in [2.05, 4.69) is 0 Å². The highest BCUT2D eigenvalue weighted by Gasteiger charge is 2.31. The average molecular weight is 248 g/mol. The minimum Gasteiger partial charge on any atom is -0.399 e. The Morgan fingerprint density at radius 1 is 1.44 bits per heavy atom. The maximum atomic E-state index is 12.4. The van der Waals surface area contributed by atoms with Gasteiger partial charge in [-0.3, -0.25) is 4.79 Å². The van der Waals surface area contributed by atoms with Crippen molar-refractivity contribution in [3.8, 4) is 0 Å². The fourth-order valence-electron chi connectivity index (χ4n) is 2.52. The molecule has 1 amide bonds. The third-order valence-corrected chi connectivity index (χ3v) is 3.50. The van der Waals surface area contributed by atoms with Crippen molar-refractivity contribution in [2.75, 3.05) is 19.4 Å². The zero-order chi connectivity index (χ0) is 13.3. The molecule has 4 heteroatoms. The molecule has 98 valence electrons. The summed E-state index contributed by atoms with van der Waals surface area (Å²) in [6.45, 7) is 4.67. The van der Waals surface area contributed by atoms with E-state index in [1.807, 2.05) is 33.0 Å². The van der Waals surface area contributed by atoms with Crippen LogP contribution >= 0.6 is 0 Å². The molecule has 1 heterocycles. The van der Waals surface area contributed by atoms with Crippen LogP contribution in [0.1, 0.15) is 29.3 Å². The molecule has 0 radical (unpaired) electrons. The zero-order valence-electron chi connectivity index (χ0n) is 11.1. The van der Waals surface area contributed by atoms with Gasteiger partial charge < -0.3 is 15.4 Å². The van der Waals surface area contributed by atoms with Crippen LogP contribution in [0.5, 0.6) is 0 Å². The summed E-state index contributed by atoms with van der Waals surface area (Å²) in [5, 5.41) is 0. The summed E-state index contributed by atoms with van der Waals surface area (Å²) in [7, 11) is 1.83. The second-order valence-electron chi connectivity index (χ2n) is 4.98. The lowest BCUT2D eigenvalue weighted by Crippen LogP contribution is -2.41. The molecule has 1 saturated heterocycles. The summed E-state index contributed by atoms with van der Waals surface area (Å²) >= 11 is 0. The van der Waals surface area contributed by atoms with E-state index in [0.717, 1.165) is 18.6 Å². The lowest BCUT2D eigenvalue weighted by atomic mass is 10.1. The normalized spacial score (nSPS) is 23.1. The lowest BCUT2D eigenvalue weighted by Gasteiger charge is -2.27. The first-order valence-electron chi connectivity index (χ1n) is 6.25. The van der Waals surface area contributed by atoms with E-state index in [-0.39, 0.29) is 18.1 Å². The Balaban J connectivity index is 2.19. The van der Waals surface area contributed by atoms with E-state index in [1.165, 1.54) is 0 Å². The number of rotatable bonds is 2. The molecule has 1 aliphatic heterocycles. The number of hydrogen-bond acceptors (Lipinski definition) is 3. The Hall–Kier alpha value is -1.55. The van der Waals surface area contributed by atoms with Gasteiger partial charge in [-0.25, -0.2) is 0 Å². The largest absolute Gasteiger partial charge is 0.399 e. The number of ether oxygens (including phenoxy) is 1. The summed E-state index contributed by atoms with van der Waals surface area (Å²) in [6, 6.07) is 5.61. The third kappa shape index (κ3) is 2.48. The van der Waals surface area contributed by atoms with Gasteiger partial charge in [-0.1, -0.05) is 0 Å².